The predicted molar refractivity (Wildman–Crippen MR) is 84.6 cm³/mol. The summed E-state index contributed by atoms with van der Waals surface area (Å²) in [4.78, 5) is 34.5. The predicted octanol–water partition coefficient (Wildman–Crippen LogP) is 3.70. The molecule has 0 fully saturated rings. The number of rotatable bonds is 4. The fraction of sp³-hybridized carbons (Fsp3) is 0. The Labute approximate surface area is 127 Å². The Morgan fingerprint density at radius 3 is 2.18 bits per heavy atom. The maximum absolute atomic E-state index is 12.6. The average Bonchev–Trinajstić information content (AvgIpc) is 2.60. The van der Waals surface area contributed by atoms with Gasteiger partial charge in [-0.25, -0.2) is 0 Å². The Hall–Kier alpha value is -3.07. The van der Waals surface area contributed by atoms with Crippen LogP contribution in [0.4, 0.5) is 0 Å². The molecule has 0 aliphatic rings. The van der Waals surface area contributed by atoms with Gasteiger partial charge in [0.1, 0.15) is 6.29 Å². The Bertz CT molecular complexity index is 877. The summed E-state index contributed by atoms with van der Waals surface area (Å²) in [5, 5.41) is 1.67. The van der Waals surface area contributed by atoms with Gasteiger partial charge in [0.2, 0.25) is 0 Å². The minimum Gasteiger partial charge on any atom is -0.298 e. The molecule has 0 atom stereocenters. The molecule has 3 rings (SSSR count). The number of ketones is 1. The maximum Gasteiger partial charge on any atom is 0.193 e. The van der Waals surface area contributed by atoms with E-state index in [1.165, 1.54) is 0 Å². The topological polar surface area (TPSA) is 51.2 Å². The molecular formula is C19H12O3. The lowest BCUT2D eigenvalue weighted by Crippen LogP contribution is -2.02. The first-order valence-corrected chi connectivity index (χ1v) is 6.81. The van der Waals surface area contributed by atoms with E-state index < -0.39 is 0 Å². The van der Waals surface area contributed by atoms with Crippen LogP contribution in [0, 0.1) is 0 Å². The first-order chi connectivity index (χ1) is 10.7. The molecule has 0 unspecified atom stereocenters. The van der Waals surface area contributed by atoms with Crippen molar-refractivity contribution >= 4 is 29.1 Å². The molecule has 0 aromatic heterocycles. The zero-order valence-electron chi connectivity index (χ0n) is 11.7. The molecule has 0 heterocycles. The van der Waals surface area contributed by atoms with Crippen LogP contribution in [0.2, 0.25) is 0 Å². The normalized spacial score (nSPS) is 10.4. The van der Waals surface area contributed by atoms with Crippen LogP contribution >= 0.6 is 0 Å². The van der Waals surface area contributed by atoms with Gasteiger partial charge >= 0.3 is 0 Å². The van der Waals surface area contributed by atoms with Gasteiger partial charge in [-0.15, -0.1) is 0 Å². The SMILES string of the molecule is O=Cc1ccc(C(=O)c2cc(C=O)c3ccccc3c2)cc1. The van der Waals surface area contributed by atoms with Gasteiger partial charge in [0, 0.05) is 22.3 Å². The highest BCUT2D eigenvalue weighted by Crippen LogP contribution is 2.22. The Balaban J connectivity index is 2.10. The fourth-order valence-electron chi connectivity index (χ4n) is 2.45. The lowest BCUT2D eigenvalue weighted by atomic mass is 9.96. The van der Waals surface area contributed by atoms with Crippen LogP contribution in [0.15, 0.2) is 60.7 Å². The number of benzene rings is 3. The van der Waals surface area contributed by atoms with Gasteiger partial charge in [-0.05, 0) is 22.9 Å². The van der Waals surface area contributed by atoms with E-state index in [0.717, 1.165) is 23.3 Å². The number of carbonyl (C=O) groups excluding carboxylic acids is 3. The lowest BCUT2D eigenvalue weighted by molar-refractivity contribution is 0.103. The van der Waals surface area contributed by atoms with Crippen LogP contribution in [-0.2, 0) is 0 Å². The minimum atomic E-state index is -0.175. The van der Waals surface area contributed by atoms with Crippen LogP contribution in [0.3, 0.4) is 0 Å². The highest BCUT2D eigenvalue weighted by Gasteiger charge is 2.12. The molecule has 0 saturated heterocycles. The zero-order valence-corrected chi connectivity index (χ0v) is 11.7. The molecular weight excluding hydrogens is 276 g/mol. The van der Waals surface area contributed by atoms with Crippen molar-refractivity contribution in [2.75, 3.05) is 0 Å². The van der Waals surface area contributed by atoms with Crippen molar-refractivity contribution in [1.82, 2.24) is 0 Å². The van der Waals surface area contributed by atoms with Gasteiger partial charge in [-0.3, -0.25) is 14.4 Å². The second-order valence-electron chi connectivity index (χ2n) is 4.97. The quantitative estimate of drug-likeness (QED) is 0.543. The third kappa shape index (κ3) is 2.44. The number of hydrogen-bond donors (Lipinski definition) is 0. The lowest BCUT2D eigenvalue weighted by Gasteiger charge is -2.06. The van der Waals surface area contributed by atoms with Gasteiger partial charge in [-0.1, -0.05) is 48.5 Å². The second-order valence-corrected chi connectivity index (χ2v) is 4.97. The number of carbonyl (C=O) groups is 3. The molecule has 0 spiro atoms. The Morgan fingerprint density at radius 2 is 1.50 bits per heavy atom. The maximum atomic E-state index is 12.6. The molecule has 3 aromatic carbocycles. The third-order valence-electron chi connectivity index (χ3n) is 3.59. The van der Waals surface area contributed by atoms with E-state index in [2.05, 4.69) is 0 Å². The fourth-order valence-corrected chi connectivity index (χ4v) is 2.45. The first-order valence-electron chi connectivity index (χ1n) is 6.81. The summed E-state index contributed by atoms with van der Waals surface area (Å²) in [6.07, 6.45) is 1.49. The third-order valence-corrected chi connectivity index (χ3v) is 3.59. The van der Waals surface area contributed by atoms with Crippen molar-refractivity contribution < 1.29 is 14.4 Å². The van der Waals surface area contributed by atoms with Crippen LogP contribution in [0.5, 0.6) is 0 Å². The molecule has 0 saturated carbocycles. The molecule has 0 aliphatic heterocycles. The van der Waals surface area contributed by atoms with Crippen molar-refractivity contribution in [3.63, 3.8) is 0 Å². The molecule has 22 heavy (non-hydrogen) atoms. The van der Waals surface area contributed by atoms with Crippen molar-refractivity contribution in [2.45, 2.75) is 0 Å². The van der Waals surface area contributed by atoms with Crippen molar-refractivity contribution in [1.29, 1.82) is 0 Å². The second kappa shape index (κ2) is 5.74. The van der Waals surface area contributed by atoms with Crippen molar-refractivity contribution in [2.24, 2.45) is 0 Å². The van der Waals surface area contributed by atoms with E-state index in [-0.39, 0.29) is 5.78 Å². The van der Waals surface area contributed by atoms with Crippen LogP contribution < -0.4 is 0 Å². The summed E-state index contributed by atoms with van der Waals surface area (Å²) in [7, 11) is 0. The largest absolute Gasteiger partial charge is 0.298 e. The highest BCUT2D eigenvalue weighted by molar-refractivity contribution is 6.12. The summed E-state index contributed by atoms with van der Waals surface area (Å²) in [5.74, 6) is -0.175. The van der Waals surface area contributed by atoms with Gasteiger partial charge in [0.05, 0.1) is 0 Å². The van der Waals surface area contributed by atoms with E-state index in [1.54, 1.807) is 36.4 Å². The van der Waals surface area contributed by atoms with Crippen molar-refractivity contribution in [3.05, 3.63) is 82.9 Å². The summed E-state index contributed by atoms with van der Waals surface area (Å²) < 4.78 is 0. The number of aldehydes is 2. The highest BCUT2D eigenvalue weighted by atomic mass is 16.1. The monoisotopic (exact) mass is 288 g/mol. The smallest absolute Gasteiger partial charge is 0.193 e. The summed E-state index contributed by atoms with van der Waals surface area (Å²) in [6, 6.07) is 17.2. The summed E-state index contributed by atoms with van der Waals surface area (Å²) in [6.45, 7) is 0. The first kappa shape index (κ1) is 13.9. The molecule has 0 N–H and O–H groups in total. The summed E-state index contributed by atoms with van der Waals surface area (Å²) >= 11 is 0. The van der Waals surface area contributed by atoms with Crippen LogP contribution in [0.1, 0.15) is 36.6 Å². The molecule has 3 heteroatoms. The van der Waals surface area contributed by atoms with E-state index in [4.69, 9.17) is 0 Å². The molecule has 0 bridgehead atoms. The van der Waals surface area contributed by atoms with Gasteiger partial charge in [-0.2, -0.15) is 0 Å². The van der Waals surface area contributed by atoms with Crippen molar-refractivity contribution in [3.8, 4) is 0 Å². The molecule has 3 nitrogen and oxygen atoms in total. The molecule has 0 radical (unpaired) electrons. The zero-order chi connectivity index (χ0) is 15.5. The van der Waals surface area contributed by atoms with E-state index in [9.17, 15) is 14.4 Å². The average molecular weight is 288 g/mol. The standard InChI is InChI=1S/C19H12O3/c20-11-13-5-7-14(8-6-13)19(22)16-9-15-3-1-2-4-18(15)17(10-16)12-21/h1-12H. The van der Waals surface area contributed by atoms with Gasteiger partial charge in [0.15, 0.2) is 12.1 Å². The molecule has 3 aromatic rings. The van der Waals surface area contributed by atoms with Crippen LogP contribution in [0.25, 0.3) is 10.8 Å². The number of hydrogen-bond acceptors (Lipinski definition) is 3. The van der Waals surface area contributed by atoms with Gasteiger partial charge in [0.25, 0.3) is 0 Å². The molecule has 0 amide bonds. The number of fused-ring (bicyclic) bond motifs is 1. The Morgan fingerprint density at radius 1 is 0.773 bits per heavy atom. The van der Waals surface area contributed by atoms with Crippen LogP contribution in [-0.4, -0.2) is 18.4 Å². The minimum absolute atomic E-state index is 0.175. The van der Waals surface area contributed by atoms with E-state index in [0.29, 0.717) is 22.3 Å². The van der Waals surface area contributed by atoms with E-state index >= 15 is 0 Å². The van der Waals surface area contributed by atoms with Gasteiger partial charge < -0.3 is 0 Å². The molecule has 0 aliphatic carbocycles. The molecule has 106 valence electrons. The summed E-state index contributed by atoms with van der Waals surface area (Å²) in [5.41, 5.74) is 1.95. The van der Waals surface area contributed by atoms with E-state index in [1.807, 2.05) is 24.3 Å². The Kier molecular flexibility index (Phi) is 3.62.